The second-order valence-electron chi connectivity index (χ2n) is 5.32. The Morgan fingerprint density at radius 2 is 2.00 bits per heavy atom. The number of anilines is 1. The van der Waals surface area contributed by atoms with Crippen LogP contribution in [0.25, 0.3) is 21.9 Å². The first-order chi connectivity index (χ1) is 10.7. The third-order valence-corrected chi connectivity index (χ3v) is 3.91. The number of methoxy groups -OCH3 is 2. The fraction of sp³-hybridized carbons (Fsp3) is 0.375. The predicted octanol–water partition coefficient (Wildman–Crippen LogP) is 2.47. The highest BCUT2D eigenvalue weighted by molar-refractivity contribution is 6.09. The Kier molecular flexibility index (Phi) is 3.96. The minimum atomic E-state index is -0.305. The fourth-order valence-corrected chi connectivity index (χ4v) is 2.75. The molecule has 0 aliphatic rings. The van der Waals surface area contributed by atoms with Gasteiger partial charge < -0.3 is 19.4 Å². The molecule has 0 aliphatic carbocycles. The van der Waals surface area contributed by atoms with Gasteiger partial charge in [0.15, 0.2) is 12.1 Å². The largest absolute Gasteiger partial charge is 0.354 e. The molecule has 0 fully saturated rings. The van der Waals surface area contributed by atoms with Crippen LogP contribution < -0.4 is 4.90 Å². The SMILES string of the molecule is COC(CN(C)c1ncnc2c1[nH]c1cccc(C)c12)OC. The quantitative estimate of drug-likeness (QED) is 0.733. The Hall–Kier alpha value is -2.18. The van der Waals surface area contributed by atoms with E-state index in [1.807, 2.05) is 18.0 Å². The maximum atomic E-state index is 5.26. The van der Waals surface area contributed by atoms with Crippen LogP contribution in [-0.4, -0.2) is 49.1 Å². The second-order valence-corrected chi connectivity index (χ2v) is 5.32. The van der Waals surface area contributed by atoms with Gasteiger partial charge >= 0.3 is 0 Å². The number of ether oxygens (including phenoxy) is 2. The van der Waals surface area contributed by atoms with Gasteiger partial charge in [0.25, 0.3) is 0 Å². The average Bonchev–Trinajstić information content (AvgIpc) is 2.92. The van der Waals surface area contributed by atoms with Crippen molar-refractivity contribution in [1.82, 2.24) is 15.0 Å². The third kappa shape index (κ3) is 2.40. The van der Waals surface area contributed by atoms with Gasteiger partial charge in [0.2, 0.25) is 0 Å². The van der Waals surface area contributed by atoms with Crippen molar-refractivity contribution in [2.75, 3.05) is 32.7 Å². The number of aromatic nitrogens is 3. The van der Waals surface area contributed by atoms with E-state index in [1.54, 1.807) is 20.5 Å². The minimum Gasteiger partial charge on any atom is -0.354 e. The smallest absolute Gasteiger partial charge is 0.174 e. The molecule has 22 heavy (non-hydrogen) atoms. The van der Waals surface area contributed by atoms with Crippen LogP contribution in [0.5, 0.6) is 0 Å². The number of fused-ring (bicyclic) bond motifs is 3. The first-order valence-electron chi connectivity index (χ1n) is 7.14. The number of aromatic amines is 1. The number of rotatable bonds is 5. The molecule has 6 heteroatoms. The highest BCUT2D eigenvalue weighted by atomic mass is 16.7. The van der Waals surface area contributed by atoms with Gasteiger partial charge in [-0.25, -0.2) is 9.97 Å². The molecule has 116 valence electrons. The summed E-state index contributed by atoms with van der Waals surface area (Å²) in [6.07, 6.45) is 1.30. The van der Waals surface area contributed by atoms with Gasteiger partial charge in [-0.05, 0) is 18.6 Å². The van der Waals surface area contributed by atoms with Gasteiger partial charge in [0.1, 0.15) is 17.4 Å². The molecule has 3 rings (SSSR count). The molecule has 3 aromatic rings. The van der Waals surface area contributed by atoms with Gasteiger partial charge in [-0.2, -0.15) is 0 Å². The van der Waals surface area contributed by atoms with E-state index in [2.05, 4.69) is 34.0 Å². The Morgan fingerprint density at radius 3 is 2.73 bits per heavy atom. The van der Waals surface area contributed by atoms with Crippen LogP contribution in [0, 0.1) is 6.92 Å². The molecular formula is C16H20N4O2. The lowest BCUT2D eigenvalue weighted by atomic mass is 10.1. The van der Waals surface area contributed by atoms with Gasteiger partial charge in [-0.1, -0.05) is 12.1 Å². The van der Waals surface area contributed by atoms with Crippen LogP contribution in [-0.2, 0) is 9.47 Å². The molecule has 0 atom stereocenters. The minimum absolute atomic E-state index is 0.305. The van der Waals surface area contributed by atoms with Crippen LogP contribution >= 0.6 is 0 Å². The fourth-order valence-electron chi connectivity index (χ4n) is 2.75. The molecule has 0 bridgehead atoms. The van der Waals surface area contributed by atoms with Crippen molar-refractivity contribution in [2.45, 2.75) is 13.2 Å². The van der Waals surface area contributed by atoms with E-state index in [-0.39, 0.29) is 6.29 Å². The summed E-state index contributed by atoms with van der Waals surface area (Å²) in [6.45, 7) is 2.67. The first-order valence-corrected chi connectivity index (χ1v) is 7.14. The van der Waals surface area contributed by atoms with E-state index >= 15 is 0 Å². The molecular weight excluding hydrogens is 280 g/mol. The highest BCUT2D eigenvalue weighted by Gasteiger charge is 2.17. The van der Waals surface area contributed by atoms with Crippen LogP contribution in [0.3, 0.4) is 0 Å². The summed E-state index contributed by atoms with van der Waals surface area (Å²) in [5.41, 5.74) is 4.14. The van der Waals surface area contributed by atoms with E-state index < -0.39 is 0 Å². The molecule has 0 unspecified atom stereocenters. The molecule has 2 aromatic heterocycles. The average molecular weight is 300 g/mol. The van der Waals surface area contributed by atoms with E-state index in [0.717, 1.165) is 27.8 Å². The van der Waals surface area contributed by atoms with E-state index in [4.69, 9.17) is 9.47 Å². The number of nitrogens with one attached hydrogen (secondary N) is 1. The zero-order valence-corrected chi connectivity index (χ0v) is 13.3. The van der Waals surface area contributed by atoms with E-state index in [9.17, 15) is 0 Å². The normalized spacial score (nSPS) is 11.7. The van der Waals surface area contributed by atoms with Crippen molar-refractivity contribution in [3.8, 4) is 0 Å². The first kappa shape index (κ1) is 14.7. The molecule has 0 saturated carbocycles. The maximum Gasteiger partial charge on any atom is 0.174 e. The summed E-state index contributed by atoms with van der Waals surface area (Å²) < 4.78 is 10.5. The summed E-state index contributed by atoms with van der Waals surface area (Å²) in [4.78, 5) is 14.3. The second kappa shape index (κ2) is 5.90. The van der Waals surface area contributed by atoms with Crippen LogP contribution in [0.2, 0.25) is 0 Å². The van der Waals surface area contributed by atoms with Crippen LogP contribution in [0.1, 0.15) is 5.56 Å². The van der Waals surface area contributed by atoms with Crippen molar-refractivity contribution in [1.29, 1.82) is 0 Å². The number of hydrogen-bond donors (Lipinski definition) is 1. The molecule has 0 aliphatic heterocycles. The van der Waals surface area contributed by atoms with Crippen molar-refractivity contribution in [3.63, 3.8) is 0 Å². The lowest BCUT2D eigenvalue weighted by molar-refractivity contribution is -0.0944. The zero-order valence-electron chi connectivity index (χ0n) is 13.3. The zero-order chi connectivity index (χ0) is 15.7. The van der Waals surface area contributed by atoms with E-state index in [0.29, 0.717) is 6.54 Å². The van der Waals surface area contributed by atoms with Crippen molar-refractivity contribution < 1.29 is 9.47 Å². The number of likely N-dealkylation sites (N-methyl/N-ethyl adjacent to an activating group) is 1. The standard InChI is InChI=1S/C16H20N4O2/c1-10-6-5-7-11-13(10)14-15(19-11)16(18-9-17-14)20(2)8-12(21-3)22-4/h5-7,9,12,19H,8H2,1-4H3. The van der Waals surface area contributed by atoms with Crippen LogP contribution in [0.15, 0.2) is 24.5 Å². The lowest BCUT2D eigenvalue weighted by Crippen LogP contribution is -2.32. The molecule has 0 saturated heterocycles. The Balaban J connectivity index is 2.11. The summed E-state index contributed by atoms with van der Waals surface area (Å²) in [7, 11) is 5.22. The lowest BCUT2D eigenvalue weighted by Gasteiger charge is -2.23. The van der Waals surface area contributed by atoms with Gasteiger partial charge in [0.05, 0.1) is 6.54 Å². The van der Waals surface area contributed by atoms with Crippen molar-refractivity contribution >= 4 is 27.8 Å². The van der Waals surface area contributed by atoms with Crippen LogP contribution in [0.4, 0.5) is 5.82 Å². The summed E-state index contributed by atoms with van der Waals surface area (Å²) in [5.74, 6) is 0.833. The molecule has 0 spiro atoms. The highest BCUT2D eigenvalue weighted by Crippen LogP contribution is 2.30. The Labute approximate surface area is 129 Å². The predicted molar refractivity (Wildman–Crippen MR) is 87.2 cm³/mol. The van der Waals surface area contributed by atoms with Crippen molar-refractivity contribution in [3.05, 3.63) is 30.1 Å². The number of H-pyrrole nitrogens is 1. The third-order valence-electron chi connectivity index (χ3n) is 3.91. The Morgan fingerprint density at radius 1 is 1.23 bits per heavy atom. The monoisotopic (exact) mass is 300 g/mol. The molecule has 2 heterocycles. The summed E-state index contributed by atoms with van der Waals surface area (Å²) in [6, 6.07) is 6.18. The number of hydrogen-bond acceptors (Lipinski definition) is 5. The van der Waals surface area contributed by atoms with Crippen molar-refractivity contribution in [2.24, 2.45) is 0 Å². The van der Waals surface area contributed by atoms with Gasteiger partial charge in [0, 0.05) is 32.2 Å². The maximum absolute atomic E-state index is 5.26. The topological polar surface area (TPSA) is 63.3 Å². The van der Waals surface area contributed by atoms with Gasteiger partial charge in [-0.15, -0.1) is 0 Å². The van der Waals surface area contributed by atoms with Gasteiger partial charge in [-0.3, -0.25) is 0 Å². The summed E-state index contributed by atoms with van der Waals surface area (Å²) in [5, 5.41) is 1.14. The molecule has 1 N–H and O–H groups in total. The number of aryl methyl sites for hydroxylation is 1. The number of benzene rings is 1. The number of nitrogens with zero attached hydrogens (tertiary/aromatic N) is 3. The summed E-state index contributed by atoms with van der Waals surface area (Å²) >= 11 is 0. The molecule has 0 amide bonds. The molecule has 1 aromatic carbocycles. The molecule has 6 nitrogen and oxygen atoms in total. The Bertz CT molecular complexity index is 795. The van der Waals surface area contributed by atoms with E-state index in [1.165, 1.54) is 5.56 Å². The molecule has 0 radical (unpaired) electrons.